The average molecular weight is 356 g/mol. The van der Waals surface area contributed by atoms with Gasteiger partial charge < -0.3 is 19.0 Å². The minimum Gasteiger partial charge on any atom is -0.484 e. The van der Waals surface area contributed by atoms with Gasteiger partial charge in [0.2, 0.25) is 0 Å². The lowest BCUT2D eigenvalue weighted by Gasteiger charge is -2.34. The van der Waals surface area contributed by atoms with Crippen LogP contribution in [-0.2, 0) is 4.79 Å². The molecule has 0 N–H and O–H groups in total. The smallest absolute Gasteiger partial charge is 0.260 e. The Labute approximate surface area is 151 Å². The number of ether oxygens (including phenoxy) is 1. The Morgan fingerprint density at radius 3 is 2.19 bits per heavy atom. The molecular formula is C19H20N2O5. The van der Waals surface area contributed by atoms with E-state index >= 15 is 0 Å². The summed E-state index contributed by atoms with van der Waals surface area (Å²) < 4.78 is 10.4. The van der Waals surface area contributed by atoms with Gasteiger partial charge >= 0.3 is 0 Å². The fourth-order valence-corrected chi connectivity index (χ4v) is 2.75. The van der Waals surface area contributed by atoms with Gasteiger partial charge in [-0.15, -0.1) is 0 Å². The number of furan rings is 1. The maximum absolute atomic E-state index is 12.3. The number of nitrogens with zero attached hydrogens (tertiary/aromatic N) is 2. The summed E-state index contributed by atoms with van der Waals surface area (Å²) in [5, 5.41) is 0. The first-order valence-corrected chi connectivity index (χ1v) is 8.37. The normalized spacial score (nSPS) is 14.2. The molecule has 0 unspecified atom stereocenters. The zero-order valence-corrected chi connectivity index (χ0v) is 14.5. The molecule has 26 heavy (non-hydrogen) atoms. The van der Waals surface area contributed by atoms with Gasteiger partial charge in [-0.05, 0) is 37.3 Å². The first kappa shape index (κ1) is 17.7. The van der Waals surface area contributed by atoms with Crippen LogP contribution in [0, 0.1) is 0 Å². The Kier molecular flexibility index (Phi) is 5.36. The summed E-state index contributed by atoms with van der Waals surface area (Å²) in [5.41, 5.74) is 1.12. The van der Waals surface area contributed by atoms with Gasteiger partial charge in [0.25, 0.3) is 11.8 Å². The van der Waals surface area contributed by atoms with Crippen molar-refractivity contribution in [2.45, 2.75) is 6.92 Å². The highest BCUT2D eigenvalue weighted by Crippen LogP contribution is 2.13. The second-order valence-corrected chi connectivity index (χ2v) is 6.05. The third-order valence-electron chi connectivity index (χ3n) is 4.31. The lowest BCUT2D eigenvalue weighted by molar-refractivity contribution is -0.134. The van der Waals surface area contributed by atoms with Crippen LogP contribution in [0.1, 0.15) is 27.6 Å². The van der Waals surface area contributed by atoms with Crippen LogP contribution >= 0.6 is 0 Å². The molecule has 0 spiro atoms. The van der Waals surface area contributed by atoms with E-state index in [2.05, 4.69) is 0 Å². The van der Waals surface area contributed by atoms with Gasteiger partial charge in [0.05, 0.1) is 11.8 Å². The zero-order chi connectivity index (χ0) is 18.5. The molecule has 1 aliphatic heterocycles. The van der Waals surface area contributed by atoms with Gasteiger partial charge in [0, 0.05) is 31.7 Å². The second-order valence-electron chi connectivity index (χ2n) is 6.05. The molecule has 3 rings (SSSR count). The van der Waals surface area contributed by atoms with E-state index in [-0.39, 0.29) is 24.2 Å². The highest BCUT2D eigenvalue weighted by atomic mass is 16.5. The van der Waals surface area contributed by atoms with E-state index in [1.807, 2.05) is 0 Å². The molecule has 2 heterocycles. The van der Waals surface area contributed by atoms with Crippen LogP contribution in [0.4, 0.5) is 0 Å². The molecule has 7 heteroatoms. The summed E-state index contributed by atoms with van der Waals surface area (Å²) >= 11 is 0. The van der Waals surface area contributed by atoms with Crippen LogP contribution in [0.25, 0.3) is 0 Å². The summed E-state index contributed by atoms with van der Waals surface area (Å²) in [6.07, 6.45) is 2.89. The summed E-state index contributed by atoms with van der Waals surface area (Å²) in [6, 6.07) is 8.31. The van der Waals surface area contributed by atoms with Crippen molar-refractivity contribution in [3.05, 3.63) is 54.0 Å². The first-order chi connectivity index (χ1) is 12.5. The second kappa shape index (κ2) is 7.86. The molecule has 1 aliphatic rings. The molecule has 1 aromatic carbocycles. The van der Waals surface area contributed by atoms with Gasteiger partial charge in [-0.25, -0.2) is 0 Å². The number of carbonyl (C=O) groups is 3. The van der Waals surface area contributed by atoms with Crippen molar-refractivity contribution < 1.29 is 23.5 Å². The quantitative estimate of drug-likeness (QED) is 0.764. The molecule has 0 radical (unpaired) electrons. The number of rotatable bonds is 5. The number of hydrogen-bond acceptors (Lipinski definition) is 5. The molecular weight excluding hydrogens is 336 g/mol. The predicted molar refractivity (Wildman–Crippen MR) is 93.1 cm³/mol. The highest BCUT2D eigenvalue weighted by Gasteiger charge is 2.25. The number of benzene rings is 1. The molecule has 0 saturated carbocycles. The third-order valence-corrected chi connectivity index (χ3v) is 4.31. The SMILES string of the molecule is CC(=O)c1ccc(OCC(=O)N2CCN(C(=O)c3ccoc3)CC2)cc1. The number of ketones is 1. The van der Waals surface area contributed by atoms with Crippen LogP contribution in [-0.4, -0.2) is 60.2 Å². The first-order valence-electron chi connectivity index (χ1n) is 8.37. The van der Waals surface area contributed by atoms with Gasteiger partial charge in [-0.1, -0.05) is 0 Å². The molecule has 136 valence electrons. The van der Waals surface area contributed by atoms with Crippen molar-refractivity contribution in [2.24, 2.45) is 0 Å². The maximum Gasteiger partial charge on any atom is 0.260 e. The van der Waals surface area contributed by atoms with E-state index in [1.54, 1.807) is 40.1 Å². The number of amides is 2. The topological polar surface area (TPSA) is 80.1 Å². The van der Waals surface area contributed by atoms with Gasteiger partial charge in [-0.2, -0.15) is 0 Å². The Morgan fingerprint density at radius 2 is 1.62 bits per heavy atom. The summed E-state index contributed by atoms with van der Waals surface area (Å²) in [6.45, 7) is 3.31. The van der Waals surface area contributed by atoms with Crippen molar-refractivity contribution in [3.63, 3.8) is 0 Å². The molecule has 1 saturated heterocycles. The number of carbonyl (C=O) groups excluding carboxylic acids is 3. The maximum atomic E-state index is 12.3. The zero-order valence-electron chi connectivity index (χ0n) is 14.5. The minimum atomic E-state index is -0.129. The Morgan fingerprint density at radius 1 is 0.962 bits per heavy atom. The van der Waals surface area contributed by atoms with Crippen molar-refractivity contribution in [3.8, 4) is 5.75 Å². The van der Waals surface area contributed by atoms with E-state index in [9.17, 15) is 14.4 Å². The standard InChI is InChI=1S/C19H20N2O5/c1-14(22)15-2-4-17(5-3-15)26-13-18(23)20-7-9-21(10-8-20)19(24)16-6-11-25-12-16/h2-6,11-12H,7-10,13H2,1H3. The van der Waals surface area contributed by atoms with E-state index in [4.69, 9.17) is 9.15 Å². The van der Waals surface area contributed by atoms with E-state index in [0.717, 1.165) is 0 Å². The van der Waals surface area contributed by atoms with Crippen molar-refractivity contribution in [2.75, 3.05) is 32.8 Å². The lowest BCUT2D eigenvalue weighted by atomic mass is 10.1. The minimum absolute atomic E-state index is 0.0181. The highest BCUT2D eigenvalue weighted by molar-refractivity contribution is 5.94. The fourth-order valence-electron chi connectivity index (χ4n) is 2.75. The largest absolute Gasteiger partial charge is 0.484 e. The van der Waals surface area contributed by atoms with Crippen molar-refractivity contribution >= 4 is 17.6 Å². The number of Topliss-reactive ketones (excluding diaryl/α,β-unsaturated/α-hetero) is 1. The van der Waals surface area contributed by atoms with E-state index in [0.29, 0.717) is 43.1 Å². The monoisotopic (exact) mass is 356 g/mol. The molecule has 0 bridgehead atoms. The van der Waals surface area contributed by atoms with E-state index in [1.165, 1.54) is 19.5 Å². The Hall–Kier alpha value is -3.09. The molecule has 2 amide bonds. The Balaban J connectivity index is 1.46. The summed E-state index contributed by atoms with van der Waals surface area (Å²) in [7, 11) is 0. The van der Waals surface area contributed by atoms with Crippen LogP contribution in [0.3, 0.4) is 0 Å². The summed E-state index contributed by atoms with van der Waals surface area (Å²) in [4.78, 5) is 39.1. The third kappa shape index (κ3) is 4.11. The predicted octanol–water partition coefficient (Wildman–Crippen LogP) is 1.85. The molecule has 7 nitrogen and oxygen atoms in total. The Bertz CT molecular complexity index is 775. The van der Waals surface area contributed by atoms with Crippen LogP contribution in [0.5, 0.6) is 5.75 Å². The molecule has 0 atom stereocenters. The van der Waals surface area contributed by atoms with Gasteiger partial charge in [0.15, 0.2) is 12.4 Å². The van der Waals surface area contributed by atoms with E-state index < -0.39 is 0 Å². The average Bonchev–Trinajstić information content (AvgIpc) is 3.20. The fraction of sp³-hybridized carbons (Fsp3) is 0.316. The van der Waals surface area contributed by atoms with Crippen molar-refractivity contribution in [1.29, 1.82) is 0 Å². The lowest BCUT2D eigenvalue weighted by Crippen LogP contribution is -2.51. The number of hydrogen-bond donors (Lipinski definition) is 0. The van der Waals surface area contributed by atoms with Crippen LogP contribution < -0.4 is 4.74 Å². The van der Waals surface area contributed by atoms with Gasteiger partial charge in [-0.3, -0.25) is 14.4 Å². The van der Waals surface area contributed by atoms with Crippen molar-refractivity contribution in [1.82, 2.24) is 9.80 Å². The van der Waals surface area contributed by atoms with Crippen LogP contribution in [0.15, 0.2) is 47.3 Å². The molecule has 0 aliphatic carbocycles. The molecule has 1 fully saturated rings. The number of piperazine rings is 1. The van der Waals surface area contributed by atoms with Gasteiger partial charge in [0.1, 0.15) is 12.0 Å². The molecule has 2 aromatic rings. The molecule has 1 aromatic heterocycles. The van der Waals surface area contributed by atoms with Crippen LogP contribution in [0.2, 0.25) is 0 Å². The summed E-state index contributed by atoms with van der Waals surface area (Å²) in [5.74, 6) is 0.302.